The molecule has 3 aromatic carbocycles. The number of likely N-dealkylation sites (tertiary alicyclic amines) is 1. The smallest absolute Gasteiger partial charge is 0.243 e. The first-order valence-corrected chi connectivity index (χ1v) is 29.8. The van der Waals surface area contributed by atoms with Gasteiger partial charge in [0, 0.05) is 117 Å². The summed E-state index contributed by atoms with van der Waals surface area (Å²) >= 11 is 1.58. The van der Waals surface area contributed by atoms with Crippen LogP contribution in [0.4, 0.5) is 11.4 Å². The Balaban J connectivity index is 0.626. The van der Waals surface area contributed by atoms with Crippen LogP contribution in [0.25, 0.3) is 26.2 Å². The SMILES string of the molecule is [C-]#[N+]c1ccc2c3c([nH]c2c1)C(C)(C)c1cc(N2CCC(N4CCN(C(=O)CCOCCOCCOCCC(=O)C[C@H](C(=O)N5C[C@H](O)C[C@H]5C(=O)NCc5ccc(-c6scnc6C)cc5)C(C)(C)C)CC4)CC2)c(CC)cc1C3=O. The lowest BCUT2D eigenvalue weighted by atomic mass is 9.70. The summed E-state index contributed by atoms with van der Waals surface area (Å²) in [7, 11) is 0. The van der Waals surface area contributed by atoms with Crippen LogP contribution in [0, 0.1) is 24.8 Å². The highest BCUT2D eigenvalue weighted by molar-refractivity contribution is 7.13. The molecule has 0 spiro atoms. The molecule has 4 aliphatic rings. The van der Waals surface area contributed by atoms with Gasteiger partial charge in [0.05, 0.1) is 80.4 Å². The topological polar surface area (TPSA) is 191 Å². The summed E-state index contributed by atoms with van der Waals surface area (Å²) < 4.78 is 17.1. The number of aliphatic hydroxyl groups is 1. The van der Waals surface area contributed by atoms with Crippen LogP contribution < -0.4 is 10.2 Å². The van der Waals surface area contributed by atoms with E-state index in [1.807, 2.05) is 74.5 Å². The Morgan fingerprint density at radius 2 is 1.59 bits per heavy atom. The quantitative estimate of drug-likeness (QED) is 0.0444. The van der Waals surface area contributed by atoms with Crippen molar-refractivity contribution in [1.82, 2.24) is 30.0 Å². The number of Topliss-reactive ketones (excluding diaryl/α,β-unsaturated/α-hetero) is 1. The molecule has 3 saturated heterocycles. The highest BCUT2D eigenvalue weighted by Crippen LogP contribution is 2.46. The van der Waals surface area contributed by atoms with Crippen molar-refractivity contribution in [1.29, 1.82) is 0 Å². The second kappa shape index (κ2) is 25.9. The van der Waals surface area contributed by atoms with Crippen LogP contribution in [0.3, 0.4) is 0 Å². The van der Waals surface area contributed by atoms with E-state index in [0.29, 0.717) is 57.7 Å². The molecule has 432 valence electrons. The zero-order valence-electron chi connectivity index (χ0n) is 48.2. The summed E-state index contributed by atoms with van der Waals surface area (Å²) in [5.41, 5.74) is 10.9. The van der Waals surface area contributed by atoms with E-state index >= 15 is 0 Å². The summed E-state index contributed by atoms with van der Waals surface area (Å²) in [6, 6.07) is 17.5. The second-order valence-electron chi connectivity index (χ2n) is 23.8. The number of carbonyl (C=O) groups excluding carboxylic acids is 5. The summed E-state index contributed by atoms with van der Waals surface area (Å²) in [5.74, 6) is -1.32. The molecular formula is C63H80N8O9S. The Kier molecular flexibility index (Phi) is 18.9. The molecule has 0 radical (unpaired) electrons. The van der Waals surface area contributed by atoms with Gasteiger partial charge in [-0.1, -0.05) is 77.9 Å². The first-order valence-electron chi connectivity index (χ1n) is 28.9. The van der Waals surface area contributed by atoms with Gasteiger partial charge in [0.1, 0.15) is 11.8 Å². The fourth-order valence-corrected chi connectivity index (χ4v) is 13.1. The molecule has 81 heavy (non-hydrogen) atoms. The summed E-state index contributed by atoms with van der Waals surface area (Å²) in [6.07, 6.45) is 2.60. The monoisotopic (exact) mass is 1120 g/mol. The molecule has 3 N–H and O–H groups in total. The number of β-amino-alcohol motifs (C(OH)–C–C–N with tert-alkyl or cyclic N) is 1. The predicted octanol–water partition coefficient (Wildman–Crippen LogP) is 8.43. The van der Waals surface area contributed by atoms with Gasteiger partial charge in [-0.2, -0.15) is 0 Å². The van der Waals surface area contributed by atoms with Crippen LogP contribution in [0.5, 0.6) is 0 Å². The molecule has 3 aliphatic heterocycles. The molecule has 0 bridgehead atoms. The molecule has 2 aromatic heterocycles. The van der Waals surface area contributed by atoms with Crippen molar-refractivity contribution >= 4 is 62.9 Å². The third kappa shape index (κ3) is 13.5. The van der Waals surface area contributed by atoms with Crippen molar-refractivity contribution in [3.63, 3.8) is 0 Å². The Morgan fingerprint density at radius 3 is 2.23 bits per heavy atom. The lowest BCUT2D eigenvalue weighted by molar-refractivity contribution is -0.146. The number of ketones is 2. The molecular weight excluding hydrogens is 1040 g/mol. The van der Waals surface area contributed by atoms with E-state index < -0.39 is 28.9 Å². The highest BCUT2D eigenvalue weighted by atomic mass is 32.1. The van der Waals surface area contributed by atoms with Gasteiger partial charge in [0.2, 0.25) is 17.7 Å². The minimum absolute atomic E-state index is 0.00233. The fraction of sp³-hybridized carbons (Fsp3) is 0.540. The molecule has 17 nitrogen and oxygen atoms in total. The molecule has 0 unspecified atom stereocenters. The number of piperidine rings is 1. The minimum atomic E-state index is -0.842. The lowest BCUT2D eigenvalue weighted by Crippen LogP contribution is -2.54. The number of nitrogens with zero attached hydrogens (tertiary/aromatic N) is 6. The number of amides is 3. The number of aryl methyl sites for hydroxylation is 2. The van der Waals surface area contributed by atoms with Crippen LogP contribution in [0.15, 0.2) is 60.1 Å². The number of thiazole rings is 1. The van der Waals surface area contributed by atoms with E-state index in [-0.39, 0.29) is 74.9 Å². The van der Waals surface area contributed by atoms with Crippen molar-refractivity contribution in [2.75, 3.05) is 90.4 Å². The number of piperazine rings is 1. The number of fused-ring (bicyclic) bond motifs is 4. The van der Waals surface area contributed by atoms with Gasteiger partial charge >= 0.3 is 0 Å². The van der Waals surface area contributed by atoms with Crippen molar-refractivity contribution < 1.29 is 43.3 Å². The molecule has 18 heteroatoms. The minimum Gasteiger partial charge on any atom is -0.391 e. The van der Waals surface area contributed by atoms with Crippen LogP contribution >= 0.6 is 11.3 Å². The summed E-state index contributed by atoms with van der Waals surface area (Å²) in [6.45, 7) is 28.7. The van der Waals surface area contributed by atoms with Crippen molar-refractivity contribution in [3.05, 3.63) is 111 Å². The van der Waals surface area contributed by atoms with Gasteiger partial charge in [-0.25, -0.2) is 9.83 Å². The number of aromatic nitrogens is 2. The number of benzene rings is 3. The van der Waals surface area contributed by atoms with Gasteiger partial charge in [-0.15, -0.1) is 11.3 Å². The Bertz CT molecular complexity index is 3120. The maximum Gasteiger partial charge on any atom is 0.243 e. The number of nitrogens with one attached hydrogen (secondary N) is 2. The van der Waals surface area contributed by atoms with Crippen LogP contribution in [0.1, 0.15) is 124 Å². The number of hydrogen-bond donors (Lipinski definition) is 3. The van der Waals surface area contributed by atoms with E-state index in [9.17, 15) is 29.1 Å². The van der Waals surface area contributed by atoms with Gasteiger partial charge < -0.3 is 44.3 Å². The fourth-order valence-electron chi connectivity index (χ4n) is 12.3. The van der Waals surface area contributed by atoms with Gasteiger partial charge in [-0.05, 0) is 72.1 Å². The zero-order valence-corrected chi connectivity index (χ0v) is 49.1. The average molecular weight is 1130 g/mol. The largest absolute Gasteiger partial charge is 0.391 e. The summed E-state index contributed by atoms with van der Waals surface area (Å²) in [5, 5.41) is 14.4. The molecule has 9 rings (SSSR count). The average Bonchev–Trinajstić information content (AvgIpc) is 4.39. The van der Waals surface area contributed by atoms with Gasteiger partial charge in [0.15, 0.2) is 11.5 Å². The second-order valence-corrected chi connectivity index (χ2v) is 24.6. The number of anilines is 1. The zero-order chi connectivity index (χ0) is 57.6. The molecule has 5 aromatic rings. The molecule has 3 amide bonds. The molecule has 3 fully saturated rings. The predicted molar refractivity (Wildman–Crippen MR) is 314 cm³/mol. The van der Waals surface area contributed by atoms with E-state index in [0.717, 1.165) is 100 Å². The van der Waals surface area contributed by atoms with Crippen molar-refractivity contribution in [2.45, 2.75) is 124 Å². The van der Waals surface area contributed by atoms with Gasteiger partial charge in [0.25, 0.3) is 0 Å². The highest BCUT2D eigenvalue weighted by Gasteiger charge is 2.45. The normalized spacial score (nSPS) is 18.9. The molecule has 1 aliphatic carbocycles. The first kappa shape index (κ1) is 59.3. The van der Waals surface area contributed by atoms with E-state index in [4.69, 9.17) is 20.8 Å². The van der Waals surface area contributed by atoms with Gasteiger partial charge in [-0.3, -0.25) is 28.9 Å². The van der Waals surface area contributed by atoms with Crippen LogP contribution in [-0.4, -0.2) is 163 Å². The molecule has 3 atom stereocenters. The summed E-state index contributed by atoms with van der Waals surface area (Å²) in [4.78, 5) is 89.1. The van der Waals surface area contributed by atoms with E-state index in [1.54, 1.807) is 17.4 Å². The Morgan fingerprint density at radius 1 is 0.914 bits per heavy atom. The lowest BCUT2D eigenvalue weighted by Gasteiger charge is -2.44. The van der Waals surface area contributed by atoms with E-state index in [2.05, 4.69) is 62.8 Å². The number of hydrogen-bond acceptors (Lipinski definition) is 13. The number of rotatable bonds is 22. The number of carbonyl (C=O) groups is 5. The van der Waals surface area contributed by atoms with Crippen molar-refractivity contribution in [3.8, 4) is 10.4 Å². The number of ether oxygens (including phenoxy) is 3. The molecule has 5 heterocycles. The number of H-pyrrole nitrogens is 1. The van der Waals surface area contributed by atoms with Crippen molar-refractivity contribution in [2.24, 2.45) is 11.3 Å². The molecule has 0 saturated carbocycles. The van der Waals surface area contributed by atoms with Crippen LogP contribution in [0.2, 0.25) is 0 Å². The Labute approximate surface area is 480 Å². The third-order valence-electron chi connectivity index (χ3n) is 17.1. The van der Waals surface area contributed by atoms with E-state index in [1.165, 1.54) is 16.2 Å². The number of aromatic amines is 1. The van der Waals surface area contributed by atoms with Crippen LogP contribution in [-0.2, 0) is 51.8 Å². The number of aliphatic hydroxyl groups excluding tert-OH is 1. The Hall–Kier alpha value is -6.33. The maximum atomic E-state index is 14.2. The first-order chi connectivity index (χ1) is 38.9. The maximum absolute atomic E-state index is 14.2. The third-order valence-corrected chi connectivity index (χ3v) is 18.0. The standard InChI is InChI=1S/C63H80N8O9S/c1-9-42-32-49-50(63(6,7)59-56(57(49)75)48-15-14-44(64-8)33-52(48)67-59)36-53(42)69-20-16-45(17-21-69)68-22-24-70(25-23-68)55(74)19-27-79-29-31-80-30-28-78-26-18-46(72)34-51(62(3,4)5)61(77)71-38-47(73)35-54(71)60(76)65-37-41-10-12-43(13-11-41)58-40(2)66-39-81-58/h10-15,32-33,36,39,45,47,51,54,67,73H,9,16-31,34-35,37-38H2,1-7H3,(H,65,76)/t47-,51-,54+/m1/s1.